The Bertz CT molecular complexity index is 641. The Morgan fingerprint density at radius 1 is 1.24 bits per heavy atom. The van der Waals surface area contributed by atoms with Gasteiger partial charge < -0.3 is 10.5 Å². The zero-order valence-electron chi connectivity index (χ0n) is 12.2. The third-order valence-electron chi connectivity index (χ3n) is 4.33. The molecule has 0 spiro atoms. The summed E-state index contributed by atoms with van der Waals surface area (Å²) in [7, 11) is 0. The van der Waals surface area contributed by atoms with Crippen LogP contribution in [0.1, 0.15) is 41.5 Å². The fraction of sp³-hybridized carbons (Fsp3) is 0.333. The molecule has 0 aromatic heterocycles. The van der Waals surface area contributed by atoms with E-state index in [0.29, 0.717) is 5.92 Å². The van der Waals surface area contributed by atoms with Crippen LogP contribution in [0.5, 0.6) is 5.75 Å². The van der Waals surface area contributed by atoms with E-state index in [0.717, 1.165) is 29.7 Å². The number of hydrogen-bond donors (Lipinski definition) is 1. The molecule has 0 saturated carbocycles. The fourth-order valence-corrected chi connectivity index (χ4v) is 3.50. The molecule has 21 heavy (non-hydrogen) atoms. The van der Waals surface area contributed by atoms with E-state index < -0.39 is 0 Å². The van der Waals surface area contributed by atoms with E-state index in [1.165, 1.54) is 16.7 Å². The molecule has 0 aliphatic carbocycles. The summed E-state index contributed by atoms with van der Waals surface area (Å²) < 4.78 is 6.86. The minimum absolute atomic E-state index is 0.0543. The first kappa shape index (κ1) is 14.6. The lowest BCUT2D eigenvalue weighted by Gasteiger charge is -2.28. The molecule has 3 heteroatoms. The Morgan fingerprint density at radius 3 is 2.90 bits per heavy atom. The van der Waals surface area contributed by atoms with Crippen molar-refractivity contribution in [1.82, 2.24) is 0 Å². The average molecular weight is 346 g/mol. The smallest absolute Gasteiger partial charge is 0.122 e. The summed E-state index contributed by atoms with van der Waals surface area (Å²) in [6, 6.07) is 14.6. The molecule has 0 fully saturated rings. The first-order valence-corrected chi connectivity index (χ1v) is 8.18. The zero-order valence-corrected chi connectivity index (χ0v) is 13.8. The minimum Gasteiger partial charge on any atom is -0.493 e. The molecular formula is C18H20BrNO. The normalized spacial score (nSPS) is 18.7. The van der Waals surface area contributed by atoms with E-state index in [9.17, 15) is 0 Å². The highest BCUT2D eigenvalue weighted by molar-refractivity contribution is 9.10. The quantitative estimate of drug-likeness (QED) is 0.873. The van der Waals surface area contributed by atoms with E-state index in [1.54, 1.807) is 0 Å². The van der Waals surface area contributed by atoms with Crippen LogP contribution in [-0.4, -0.2) is 6.61 Å². The van der Waals surface area contributed by atoms with Crippen molar-refractivity contribution < 1.29 is 4.74 Å². The molecule has 3 rings (SSSR count). The molecule has 1 aliphatic heterocycles. The van der Waals surface area contributed by atoms with E-state index in [4.69, 9.17) is 10.5 Å². The topological polar surface area (TPSA) is 35.2 Å². The monoisotopic (exact) mass is 345 g/mol. The molecular weight excluding hydrogens is 326 g/mol. The second kappa shape index (κ2) is 6.20. The number of para-hydroxylation sites is 1. The van der Waals surface area contributed by atoms with Gasteiger partial charge in [-0.3, -0.25) is 0 Å². The number of hydrogen-bond acceptors (Lipinski definition) is 2. The van der Waals surface area contributed by atoms with Crippen LogP contribution in [0.25, 0.3) is 0 Å². The maximum atomic E-state index is 6.49. The lowest BCUT2D eigenvalue weighted by atomic mass is 9.85. The van der Waals surface area contributed by atoms with Crippen LogP contribution in [0.15, 0.2) is 46.9 Å². The summed E-state index contributed by atoms with van der Waals surface area (Å²) in [5.41, 5.74) is 10.3. The molecule has 2 unspecified atom stereocenters. The predicted octanol–water partition coefficient (Wildman–Crippen LogP) is 4.71. The molecule has 1 heterocycles. The summed E-state index contributed by atoms with van der Waals surface area (Å²) in [5, 5.41) is 0. The van der Waals surface area contributed by atoms with Gasteiger partial charge in [-0.2, -0.15) is 0 Å². The molecule has 2 nitrogen and oxygen atoms in total. The highest BCUT2D eigenvalue weighted by Crippen LogP contribution is 2.39. The SMILES string of the molecule is Cc1c(Br)cccc1C(N)CC1CCOc2ccccc21. The van der Waals surface area contributed by atoms with Gasteiger partial charge >= 0.3 is 0 Å². The molecule has 110 valence electrons. The first-order chi connectivity index (χ1) is 10.2. The van der Waals surface area contributed by atoms with E-state index in [-0.39, 0.29) is 6.04 Å². The summed E-state index contributed by atoms with van der Waals surface area (Å²) in [5.74, 6) is 1.50. The molecule has 2 atom stereocenters. The van der Waals surface area contributed by atoms with Crippen LogP contribution >= 0.6 is 15.9 Å². The van der Waals surface area contributed by atoms with Gasteiger partial charge in [-0.1, -0.05) is 46.3 Å². The minimum atomic E-state index is 0.0543. The third kappa shape index (κ3) is 2.99. The summed E-state index contributed by atoms with van der Waals surface area (Å²) in [4.78, 5) is 0. The van der Waals surface area contributed by atoms with Crippen molar-refractivity contribution in [3.63, 3.8) is 0 Å². The van der Waals surface area contributed by atoms with Gasteiger partial charge in [0.15, 0.2) is 0 Å². The van der Waals surface area contributed by atoms with E-state index in [2.05, 4.69) is 59.3 Å². The maximum Gasteiger partial charge on any atom is 0.122 e. The predicted molar refractivity (Wildman–Crippen MR) is 89.7 cm³/mol. The number of nitrogens with two attached hydrogens (primary N) is 1. The fourth-order valence-electron chi connectivity index (χ4n) is 3.12. The van der Waals surface area contributed by atoms with Crippen LogP contribution in [0.4, 0.5) is 0 Å². The van der Waals surface area contributed by atoms with E-state index in [1.807, 2.05) is 6.07 Å². The van der Waals surface area contributed by atoms with Crippen LogP contribution in [-0.2, 0) is 0 Å². The number of rotatable bonds is 3. The highest BCUT2D eigenvalue weighted by Gasteiger charge is 2.24. The zero-order chi connectivity index (χ0) is 14.8. The van der Waals surface area contributed by atoms with Crippen LogP contribution in [0.2, 0.25) is 0 Å². The molecule has 2 N–H and O–H groups in total. The number of benzene rings is 2. The van der Waals surface area contributed by atoms with Crippen molar-refractivity contribution >= 4 is 15.9 Å². The largest absolute Gasteiger partial charge is 0.493 e. The molecule has 0 amide bonds. The van der Waals surface area contributed by atoms with E-state index >= 15 is 0 Å². The summed E-state index contributed by atoms with van der Waals surface area (Å²) >= 11 is 3.59. The third-order valence-corrected chi connectivity index (χ3v) is 5.19. The van der Waals surface area contributed by atoms with Crippen LogP contribution in [0.3, 0.4) is 0 Å². The lowest BCUT2D eigenvalue weighted by molar-refractivity contribution is 0.259. The average Bonchev–Trinajstić information content (AvgIpc) is 2.50. The van der Waals surface area contributed by atoms with Crippen molar-refractivity contribution in [2.75, 3.05) is 6.61 Å². The number of halogens is 1. The lowest BCUT2D eigenvalue weighted by Crippen LogP contribution is -2.20. The molecule has 0 bridgehead atoms. The first-order valence-electron chi connectivity index (χ1n) is 7.39. The van der Waals surface area contributed by atoms with Gasteiger partial charge in [-0.15, -0.1) is 0 Å². The number of ether oxygens (including phenoxy) is 1. The van der Waals surface area contributed by atoms with Gasteiger partial charge in [-0.05, 0) is 54.5 Å². The van der Waals surface area contributed by atoms with Gasteiger partial charge in [0.05, 0.1) is 6.61 Å². The molecule has 0 saturated heterocycles. The molecule has 2 aromatic carbocycles. The van der Waals surface area contributed by atoms with Crippen molar-refractivity contribution in [3.8, 4) is 5.75 Å². The Balaban J connectivity index is 1.83. The van der Waals surface area contributed by atoms with Gasteiger partial charge in [-0.25, -0.2) is 0 Å². The second-order valence-corrected chi connectivity index (χ2v) is 6.52. The maximum absolute atomic E-state index is 6.49. The summed E-state index contributed by atoms with van der Waals surface area (Å²) in [6.45, 7) is 2.91. The Kier molecular flexibility index (Phi) is 4.32. The second-order valence-electron chi connectivity index (χ2n) is 5.67. The van der Waals surface area contributed by atoms with Crippen molar-refractivity contribution in [2.24, 2.45) is 5.73 Å². The molecule has 2 aromatic rings. The van der Waals surface area contributed by atoms with Crippen molar-refractivity contribution in [3.05, 3.63) is 63.6 Å². The Hall–Kier alpha value is -1.32. The standard InChI is InChI=1S/C18H20BrNO/c1-12-14(6-4-7-16(12)19)17(20)11-13-9-10-21-18-8-3-2-5-15(13)18/h2-8,13,17H,9-11,20H2,1H3. The van der Waals surface area contributed by atoms with Crippen molar-refractivity contribution in [1.29, 1.82) is 0 Å². The van der Waals surface area contributed by atoms with Gasteiger partial charge in [0.25, 0.3) is 0 Å². The van der Waals surface area contributed by atoms with Crippen LogP contribution in [0, 0.1) is 6.92 Å². The Labute approximate surface area is 134 Å². The van der Waals surface area contributed by atoms with Crippen molar-refractivity contribution in [2.45, 2.75) is 31.7 Å². The molecule has 1 aliphatic rings. The highest BCUT2D eigenvalue weighted by atomic mass is 79.9. The Morgan fingerprint density at radius 2 is 2.05 bits per heavy atom. The molecule has 0 radical (unpaired) electrons. The number of fused-ring (bicyclic) bond motifs is 1. The van der Waals surface area contributed by atoms with Gasteiger partial charge in [0.2, 0.25) is 0 Å². The van der Waals surface area contributed by atoms with Gasteiger partial charge in [0.1, 0.15) is 5.75 Å². The van der Waals surface area contributed by atoms with Crippen LogP contribution < -0.4 is 10.5 Å². The summed E-state index contributed by atoms with van der Waals surface area (Å²) in [6.07, 6.45) is 2.00. The van der Waals surface area contributed by atoms with Gasteiger partial charge in [0, 0.05) is 10.5 Å².